The van der Waals surface area contributed by atoms with Crippen LogP contribution in [0.3, 0.4) is 0 Å². The predicted octanol–water partition coefficient (Wildman–Crippen LogP) is 3.78. The van der Waals surface area contributed by atoms with E-state index in [9.17, 15) is 8.42 Å². The van der Waals surface area contributed by atoms with Crippen LogP contribution in [0.2, 0.25) is 10.0 Å². The molecule has 1 aromatic carbocycles. The highest BCUT2D eigenvalue weighted by Gasteiger charge is 2.26. The quantitative estimate of drug-likeness (QED) is 0.514. The first-order valence-corrected chi connectivity index (χ1v) is 9.23. The molecule has 0 atom stereocenters. The summed E-state index contributed by atoms with van der Waals surface area (Å²) in [6.45, 7) is 5.07. The van der Waals surface area contributed by atoms with Gasteiger partial charge in [0.15, 0.2) is 0 Å². The Bertz CT molecular complexity index is 578. The summed E-state index contributed by atoms with van der Waals surface area (Å²) in [6, 6.07) is 2.83. The minimum absolute atomic E-state index is 0.0163. The smallest absolute Gasteiger partial charge is 0.244 e. The average Bonchev–Trinajstić information content (AvgIpc) is 2.43. The molecule has 1 aromatic rings. The lowest BCUT2D eigenvalue weighted by Gasteiger charge is -2.21. The number of likely N-dealkylation sites (N-methyl/N-ethyl adjacent to an activating group) is 1. The number of sulfonamides is 1. The predicted molar refractivity (Wildman–Crippen MR) is 86.9 cm³/mol. The van der Waals surface area contributed by atoms with Crippen LogP contribution in [-0.2, 0) is 20.6 Å². The van der Waals surface area contributed by atoms with Crippen LogP contribution in [0, 0.1) is 0 Å². The van der Waals surface area contributed by atoms with Crippen LogP contribution in [0.25, 0.3) is 0 Å². The molecule has 0 saturated heterocycles. The van der Waals surface area contributed by atoms with Gasteiger partial charge in [0.2, 0.25) is 10.0 Å². The monoisotopic (exact) mass is 373 g/mol. The first kappa shape index (κ1) is 19.0. The molecule has 0 aliphatic carbocycles. The molecule has 4 nitrogen and oxygen atoms in total. The highest BCUT2D eigenvalue weighted by Crippen LogP contribution is 2.31. The van der Waals surface area contributed by atoms with Crippen LogP contribution in [-0.4, -0.2) is 39.0 Å². The van der Waals surface area contributed by atoms with Crippen molar-refractivity contribution >= 4 is 44.8 Å². The van der Waals surface area contributed by atoms with Gasteiger partial charge in [-0.15, -0.1) is 11.6 Å². The Balaban J connectivity index is 3.16. The van der Waals surface area contributed by atoms with Crippen molar-refractivity contribution in [3.05, 3.63) is 27.7 Å². The maximum absolute atomic E-state index is 12.7. The van der Waals surface area contributed by atoms with Crippen LogP contribution < -0.4 is 0 Å². The number of hydrogen-bond donors (Lipinski definition) is 0. The van der Waals surface area contributed by atoms with E-state index in [-0.39, 0.29) is 22.3 Å². The first-order chi connectivity index (χ1) is 9.88. The highest BCUT2D eigenvalue weighted by molar-refractivity contribution is 7.89. The minimum Gasteiger partial charge on any atom is -0.380 e. The number of halogens is 3. The van der Waals surface area contributed by atoms with E-state index in [0.29, 0.717) is 30.3 Å². The van der Waals surface area contributed by atoms with Crippen molar-refractivity contribution in [2.45, 2.75) is 24.6 Å². The molecule has 0 fully saturated rings. The van der Waals surface area contributed by atoms with Gasteiger partial charge in [0.05, 0.1) is 11.6 Å². The van der Waals surface area contributed by atoms with Crippen molar-refractivity contribution < 1.29 is 13.2 Å². The molecule has 0 amide bonds. The summed E-state index contributed by atoms with van der Waals surface area (Å²) in [5.74, 6) is 0.115. The van der Waals surface area contributed by atoms with E-state index in [1.165, 1.54) is 16.4 Å². The SMILES string of the molecule is CCOCCN(CC)S(=O)(=O)c1cc(CCl)c(Cl)cc1Cl. The second kappa shape index (κ2) is 8.56. The standard InChI is InChI=1S/C13H18Cl3NO3S/c1-3-17(5-6-20-4-2)21(18,19)13-7-10(9-14)11(15)8-12(13)16/h7-8H,3-6,9H2,1-2H3. The van der Waals surface area contributed by atoms with Gasteiger partial charge in [-0.2, -0.15) is 4.31 Å². The summed E-state index contributed by atoms with van der Waals surface area (Å²) < 4.78 is 31.8. The fraction of sp³-hybridized carbons (Fsp3) is 0.538. The van der Waals surface area contributed by atoms with Crippen molar-refractivity contribution in [3.8, 4) is 0 Å². The lowest BCUT2D eigenvalue weighted by Crippen LogP contribution is -2.34. The Labute approximate surface area is 141 Å². The minimum atomic E-state index is -3.71. The lowest BCUT2D eigenvalue weighted by molar-refractivity contribution is 0.135. The van der Waals surface area contributed by atoms with E-state index in [0.717, 1.165) is 0 Å². The van der Waals surface area contributed by atoms with Crippen molar-refractivity contribution in [2.75, 3.05) is 26.3 Å². The molecule has 0 aliphatic heterocycles. The Kier molecular flexibility index (Phi) is 7.74. The van der Waals surface area contributed by atoms with Crippen molar-refractivity contribution in [1.82, 2.24) is 4.31 Å². The first-order valence-electron chi connectivity index (χ1n) is 6.50. The van der Waals surface area contributed by atoms with Crippen LogP contribution in [0.15, 0.2) is 17.0 Å². The van der Waals surface area contributed by atoms with E-state index in [4.69, 9.17) is 39.5 Å². The van der Waals surface area contributed by atoms with Gasteiger partial charge in [-0.3, -0.25) is 0 Å². The summed E-state index contributed by atoms with van der Waals surface area (Å²) in [5, 5.41) is 0.440. The topological polar surface area (TPSA) is 46.6 Å². The highest BCUT2D eigenvalue weighted by atomic mass is 35.5. The molecule has 1 rings (SSSR count). The Morgan fingerprint density at radius 2 is 1.86 bits per heavy atom. The molecule has 21 heavy (non-hydrogen) atoms. The molecule has 0 unspecified atom stereocenters. The molecule has 0 bridgehead atoms. The molecule has 0 aromatic heterocycles. The van der Waals surface area contributed by atoms with Crippen LogP contribution in [0.1, 0.15) is 19.4 Å². The van der Waals surface area contributed by atoms with E-state index >= 15 is 0 Å². The molecule has 0 radical (unpaired) electrons. The second-order valence-electron chi connectivity index (χ2n) is 4.20. The Morgan fingerprint density at radius 1 is 1.19 bits per heavy atom. The summed E-state index contributed by atoms with van der Waals surface area (Å²) in [7, 11) is -3.71. The van der Waals surface area contributed by atoms with Gasteiger partial charge >= 0.3 is 0 Å². The largest absolute Gasteiger partial charge is 0.380 e. The second-order valence-corrected chi connectivity index (χ2v) is 7.19. The molecule has 0 spiro atoms. The molecule has 0 saturated carbocycles. The lowest BCUT2D eigenvalue weighted by atomic mass is 10.2. The number of benzene rings is 1. The van der Waals surface area contributed by atoms with Gasteiger partial charge < -0.3 is 4.74 Å². The third-order valence-corrected chi connectivity index (χ3v) is 5.98. The molecule has 0 N–H and O–H groups in total. The van der Waals surface area contributed by atoms with Gasteiger partial charge in [-0.25, -0.2) is 8.42 Å². The summed E-state index contributed by atoms with van der Waals surface area (Å²) in [5.41, 5.74) is 0.530. The molecule has 0 heterocycles. The zero-order valence-electron chi connectivity index (χ0n) is 11.9. The van der Waals surface area contributed by atoms with Crippen molar-refractivity contribution in [3.63, 3.8) is 0 Å². The molecule has 120 valence electrons. The third-order valence-electron chi connectivity index (χ3n) is 2.90. The zero-order chi connectivity index (χ0) is 16.0. The zero-order valence-corrected chi connectivity index (χ0v) is 15.0. The van der Waals surface area contributed by atoms with Crippen LogP contribution in [0.4, 0.5) is 0 Å². The summed E-state index contributed by atoms with van der Waals surface area (Å²) in [6.07, 6.45) is 0. The number of nitrogens with zero attached hydrogens (tertiary/aromatic N) is 1. The van der Waals surface area contributed by atoms with Gasteiger partial charge in [-0.05, 0) is 24.6 Å². The van der Waals surface area contributed by atoms with E-state index in [2.05, 4.69) is 0 Å². The summed E-state index contributed by atoms with van der Waals surface area (Å²) >= 11 is 17.8. The average molecular weight is 375 g/mol. The number of ether oxygens (including phenoxy) is 1. The Morgan fingerprint density at radius 3 is 2.38 bits per heavy atom. The molecular weight excluding hydrogens is 357 g/mol. The van der Waals surface area contributed by atoms with Crippen LogP contribution in [0.5, 0.6) is 0 Å². The van der Waals surface area contributed by atoms with Gasteiger partial charge in [0.25, 0.3) is 0 Å². The van der Waals surface area contributed by atoms with Crippen LogP contribution >= 0.6 is 34.8 Å². The van der Waals surface area contributed by atoms with Gasteiger partial charge in [0.1, 0.15) is 4.90 Å². The number of alkyl halides is 1. The van der Waals surface area contributed by atoms with Gasteiger partial charge in [0, 0.05) is 30.6 Å². The Hall–Kier alpha value is -0.0400. The van der Waals surface area contributed by atoms with E-state index < -0.39 is 10.0 Å². The fourth-order valence-electron chi connectivity index (χ4n) is 1.77. The van der Waals surface area contributed by atoms with E-state index in [1.807, 2.05) is 6.92 Å². The maximum atomic E-state index is 12.7. The normalized spacial score (nSPS) is 12.1. The maximum Gasteiger partial charge on any atom is 0.244 e. The van der Waals surface area contributed by atoms with Crippen molar-refractivity contribution in [1.29, 1.82) is 0 Å². The summed E-state index contributed by atoms with van der Waals surface area (Å²) in [4.78, 5) is 0.0163. The molecule has 8 heteroatoms. The third kappa shape index (κ3) is 4.71. The molecule has 0 aliphatic rings. The molecular formula is C13H18Cl3NO3S. The van der Waals surface area contributed by atoms with Crippen molar-refractivity contribution in [2.24, 2.45) is 0 Å². The van der Waals surface area contributed by atoms with E-state index in [1.54, 1.807) is 6.92 Å². The fourth-order valence-corrected chi connectivity index (χ4v) is 4.33. The number of hydrogen-bond acceptors (Lipinski definition) is 3. The van der Waals surface area contributed by atoms with Gasteiger partial charge in [-0.1, -0.05) is 30.1 Å². The number of rotatable bonds is 8.